The first-order chi connectivity index (χ1) is 13.6. The molecule has 1 aromatic carbocycles. The Labute approximate surface area is 175 Å². The highest BCUT2D eigenvalue weighted by Crippen LogP contribution is 2.29. The second-order valence-corrected chi connectivity index (χ2v) is 9.76. The van der Waals surface area contributed by atoms with Crippen LogP contribution in [0.2, 0.25) is 0 Å². The van der Waals surface area contributed by atoms with Crippen LogP contribution in [0.3, 0.4) is 0 Å². The summed E-state index contributed by atoms with van der Waals surface area (Å²) in [4.78, 5) is 15.8. The van der Waals surface area contributed by atoms with Crippen molar-refractivity contribution in [2.24, 2.45) is 0 Å². The fraction of sp³-hybridized carbons (Fsp3) is 0.444. The molecule has 0 saturated heterocycles. The second-order valence-electron chi connectivity index (χ2n) is 7.01. The van der Waals surface area contributed by atoms with Crippen LogP contribution >= 0.6 is 11.3 Å². The molecule has 9 nitrogen and oxygen atoms in total. The lowest BCUT2D eigenvalue weighted by Gasteiger charge is -2.24. The average Bonchev–Trinajstić information content (AvgIpc) is 3.15. The van der Waals surface area contributed by atoms with E-state index in [2.05, 4.69) is 10.0 Å². The molecule has 0 amide bonds. The summed E-state index contributed by atoms with van der Waals surface area (Å²) in [5.74, 6) is 0. The van der Waals surface area contributed by atoms with Gasteiger partial charge in [0.2, 0.25) is 10.0 Å². The number of nitrogens with zero attached hydrogens (tertiary/aromatic N) is 3. The van der Waals surface area contributed by atoms with Crippen LogP contribution in [-0.4, -0.2) is 71.0 Å². The fourth-order valence-electron chi connectivity index (χ4n) is 2.69. The number of nitrogens with one attached hydrogen (secondary N) is 2. The van der Waals surface area contributed by atoms with Crippen molar-refractivity contribution in [1.29, 1.82) is 0 Å². The largest absolute Gasteiger partial charge is 0.378 e. The summed E-state index contributed by atoms with van der Waals surface area (Å²) in [6.07, 6.45) is 0. The molecule has 2 N–H and O–H groups in total. The number of benzene rings is 1. The lowest BCUT2D eigenvalue weighted by Crippen LogP contribution is -2.31. The number of rotatable bonds is 11. The van der Waals surface area contributed by atoms with Gasteiger partial charge in [-0.05, 0) is 51.8 Å². The Bertz CT molecular complexity index is 914. The predicted molar refractivity (Wildman–Crippen MR) is 116 cm³/mol. The van der Waals surface area contributed by atoms with Crippen molar-refractivity contribution in [2.75, 3.05) is 53.1 Å². The molecule has 1 aromatic heterocycles. The molecule has 1 unspecified atom stereocenters. The molecule has 29 heavy (non-hydrogen) atoms. The van der Waals surface area contributed by atoms with Crippen molar-refractivity contribution in [3.63, 3.8) is 0 Å². The smallest absolute Gasteiger partial charge is 0.293 e. The van der Waals surface area contributed by atoms with E-state index in [0.717, 1.165) is 10.9 Å². The van der Waals surface area contributed by atoms with Gasteiger partial charge in [0.15, 0.2) is 0 Å². The summed E-state index contributed by atoms with van der Waals surface area (Å²) in [5.41, 5.74) is 0.00909. The molecule has 0 bridgehead atoms. The maximum atomic E-state index is 12.4. The lowest BCUT2D eigenvalue weighted by molar-refractivity contribution is -0.384. The van der Waals surface area contributed by atoms with Gasteiger partial charge in [-0.2, -0.15) is 0 Å². The molecule has 0 aliphatic carbocycles. The minimum Gasteiger partial charge on any atom is -0.378 e. The molecular weight excluding hydrogens is 414 g/mol. The zero-order valence-electron chi connectivity index (χ0n) is 17.0. The predicted octanol–water partition coefficient (Wildman–Crippen LogP) is 2.21. The molecular formula is C18H27N5O4S2. The van der Waals surface area contributed by atoms with E-state index >= 15 is 0 Å². The third kappa shape index (κ3) is 6.47. The maximum Gasteiger partial charge on any atom is 0.293 e. The van der Waals surface area contributed by atoms with E-state index in [1.807, 2.05) is 55.5 Å². The van der Waals surface area contributed by atoms with Crippen molar-refractivity contribution in [3.05, 3.63) is 50.7 Å². The van der Waals surface area contributed by atoms with Crippen molar-refractivity contribution in [3.8, 4) is 0 Å². The monoisotopic (exact) mass is 441 g/mol. The van der Waals surface area contributed by atoms with Crippen LogP contribution in [0, 0.1) is 10.1 Å². The molecule has 0 spiro atoms. The molecule has 0 saturated carbocycles. The first kappa shape index (κ1) is 23.2. The molecule has 160 valence electrons. The normalized spacial score (nSPS) is 13.0. The number of anilines is 1. The summed E-state index contributed by atoms with van der Waals surface area (Å²) in [5, 5.41) is 16.6. The van der Waals surface area contributed by atoms with Crippen molar-refractivity contribution in [2.45, 2.75) is 10.9 Å². The van der Waals surface area contributed by atoms with Gasteiger partial charge in [-0.3, -0.25) is 10.1 Å². The Morgan fingerprint density at radius 3 is 2.48 bits per heavy atom. The Balaban J connectivity index is 2.20. The van der Waals surface area contributed by atoms with E-state index in [4.69, 9.17) is 0 Å². The van der Waals surface area contributed by atoms with Crippen molar-refractivity contribution in [1.82, 2.24) is 14.5 Å². The molecule has 0 aliphatic heterocycles. The molecule has 0 aliphatic rings. The van der Waals surface area contributed by atoms with Crippen LogP contribution in [-0.2, 0) is 10.0 Å². The van der Waals surface area contributed by atoms with Crippen LogP contribution < -0.4 is 10.0 Å². The van der Waals surface area contributed by atoms with Crippen LogP contribution in [0.15, 0.2) is 40.6 Å². The van der Waals surface area contributed by atoms with E-state index in [1.165, 1.54) is 12.1 Å². The van der Waals surface area contributed by atoms with Gasteiger partial charge in [0, 0.05) is 30.6 Å². The van der Waals surface area contributed by atoms with E-state index in [9.17, 15) is 18.5 Å². The first-order valence-electron chi connectivity index (χ1n) is 8.98. The Morgan fingerprint density at radius 1 is 1.21 bits per heavy atom. The molecule has 1 atom stereocenters. The molecule has 1 heterocycles. The summed E-state index contributed by atoms with van der Waals surface area (Å²) >= 11 is 1.61. The summed E-state index contributed by atoms with van der Waals surface area (Å²) < 4.78 is 27.3. The van der Waals surface area contributed by atoms with Gasteiger partial charge >= 0.3 is 0 Å². The summed E-state index contributed by atoms with van der Waals surface area (Å²) in [6.45, 7) is 1.19. The molecule has 0 fully saturated rings. The van der Waals surface area contributed by atoms with Crippen LogP contribution in [0.5, 0.6) is 0 Å². The fourth-order valence-corrected chi connectivity index (χ4v) is 4.65. The van der Waals surface area contributed by atoms with E-state index < -0.39 is 14.9 Å². The van der Waals surface area contributed by atoms with E-state index in [0.29, 0.717) is 13.1 Å². The zero-order chi connectivity index (χ0) is 21.6. The van der Waals surface area contributed by atoms with E-state index in [1.54, 1.807) is 11.3 Å². The lowest BCUT2D eigenvalue weighted by atomic mass is 10.2. The van der Waals surface area contributed by atoms with Crippen molar-refractivity contribution >= 4 is 32.7 Å². The first-order valence-corrected chi connectivity index (χ1v) is 11.3. The van der Waals surface area contributed by atoms with Gasteiger partial charge < -0.3 is 15.1 Å². The SMILES string of the molecule is CN(C)CCNS(=O)(=O)c1ccc(NCC(c2cccs2)N(C)C)c([N+](=O)[O-])c1. The Kier molecular flexibility index (Phi) is 8.11. The number of sulfonamides is 1. The summed E-state index contributed by atoms with van der Waals surface area (Å²) in [7, 11) is 3.72. The van der Waals surface area contributed by atoms with Gasteiger partial charge in [0.05, 0.1) is 15.9 Å². The molecule has 2 rings (SSSR count). The van der Waals surface area contributed by atoms with Crippen LogP contribution in [0.1, 0.15) is 10.9 Å². The zero-order valence-corrected chi connectivity index (χ0v) is 18.6. The highest BCUT2D eigenvalue weighted by atomic mass is 32.2. The molecule has 0 radical (unpaired) electrons. The van der Waals surface area contributed by atoms with E-state index in [-0.39, 0.29) is 28.9 Å². The third-order valence-electron chi connectivity index (χ3n) is 4.31. The highest BCUT2D eigenvalue weighted by molar-refractivity contribution is 7.89. The number of likely N-dealkylation sites (N-methyl/N-ethyl adjacent to an activating group) is 2. The number of nitro groups is 1. The van der Waals surface area contributed by atoms with Gasteiger partial charge in [-0.15, -0.1) is 11.3 Å². The van der Waals surface area contributed by atoms with Crippen molar-refractivity contribution < 1.29 is 13.3 Å². The van der Waals surface area contributed by atoms with Gasteiger partial charge in [0.25, 0.3) is 5.69 Å². The van der Waals surface area contributed by atoms with Gasteiger partial charge in [-0.1, -0.05) is 6.07 Å². The number of hydrogen-bond acceptors (Lipinski definition) is 8. The maximum absolute atomic E-state index is 12.4. The summed E-state index contributed by atoms with van der Waals surface area (Å²) in [6, 6.07) is 7.92. The number of hydrogen-bond donors (Lipinski definition) is 2. The highest BCUT2D eigenvalue weighted by Gasteiger charge is 2.23. The van der Waals surface area contributed by atoms with Crippen LogP contribution in [0.4, 0.5) is 11.4 Å². The van der Waals surface area contributed by atoms with Gasteiger partial charge in [-0.25, -0.2) is 13.1 Å². The quantitative estimate of drug-likeness (QED) is 0.407. The molecule has 11 heteroatoms. The minimum absolute atomic E-state index is 0.0331. The Morgan fingerprint density at radius 2 is 1.93 bits per heavy atom. The second kappa shape index (κ2) is 10.1. The average molecular weight is 442 g/mol. The number of nitro benzene ring substituents is 1. The Hall–Kier alpha value is -2.05. The van der Waals surface area contributed by atoms with Gasteiger partial charge in [0.1, 0.15) is 5.69 Å². The molecule has 2 aromatic rings. The van der Waals surface area contributed by atoms with Crippen LogP contribution in [0.25, 0.3) is 0 Å². The third-order valence-corrected chi connectivity index (χ3v) is 6.74. The topological polar surface area (TPSA) is 108 Å². The standard InChI is InChI=1S/C18H27N5O4S2/c1-21(2)10-9-20-29(26,27)14-7-8-15(16(12-14)23(24)25)19-13-17(22(3)4)18-6-5-11-28-18/h5-8,11-12,17,19-20H,9-10,13H2,1-4H3. The minimum atomic E-state index is -3.82. The number of thiophene rings is 1.